The minimum atomic E-state index is -3.13. The topological polar surface area (TPSA) is 54.5 Å². The van der Waals surface area contributed by atoms with Crippen molar-refractivity contribution in [2.75, 3.05) is 18.8 Å². The molecular formula is C23H25NO3S. The fraction of sp³-hybridized carbons (Fsp3) is 0.348. The summed E-state index contributed by atoms with van der Waals surface area (Å²) in [5, 5.41) is 1.25. The molecule has 0 aliphatic carbocycles. The van der Waals surface area contributed by atoms with Gasteiger partial charge >= 0.3 is 0 Å². The number of carbonyl (C=O) groups excluding carboxylic acids is 1. The molecular weight excluding hydrogens is 370 g/mol. The number of carbonyl (C=O) groups is 1. The first-order chi connectivity index (χ1) is 13.5. The molecule has 0 saturated carbocycles. The lowest BCUT2D eigenvalue weighted by atomic mass is 9.69. The van der Waals surface area contributed by atoms with Crippen molar-refractivity contribution in [3.63, 3.8) is 0 Å². The van der Waals surface area contributed by atoms with Gasteiger partial charge in [0.2, 0.25) is 5.91 Å². The Balaban J connectivity index is 1.60. The zero-order valence-electron chi connectivity index (χ0n) is 15.8. The Morgan fingerprint density at radius 3 is 2.14 bits per heavy atom. The van der Waals surface area contributed by atoms with E-state index in [9.17, 15) is 13.2 Å². The number of rotatable bonds is 4. The number of sulfone groups is 1. The molecule has 1 fully saturated rings. The average molecular weight is 396 g/mol. The van der Waals surface area contributed by atoms with Gasteiger partial charge in [0.05, 0.1) is 5.75 Å². The van der Waals surface area contributed by atoms with E-state index in [1.807, 2.05) is 17.0 Å². The van der Waals surface area contributed by atoms with Crippen LogP contribution >= 0.6 is 0 Å². The predicted octanol–water partition coefficient (Wildman–Crippen LogP) is 3.54. The summed E-state index contributed by atoms with van der Waals surface area (Å²) in [7, 11) is -3.13. The van der Waals surface area contributed by atoms with Gasteiger partial charge in [0, 0.05) is 36.3 Å². The molecule has 2 aliphatic heterocycles. The van der Waals surface area contributed by atoms with Crippen LogP contribution in [0.2, 0.25) is 0 Å². The zero-order valence-corrected chi connectivity index (χ0v) is 16.6. The monoisotopic (exact) mass is 395 g/mol. The van der Waals surface area contributed by atoms with Crippen molar-refractivity contribution >= 4 is 15.7 Å². The molecule has 0 aromatic heterocycles. The number of hydrogen-bond donors (Lipinski definition) is 0. The van der Waals surface area contributed by atoms with Crippen LogP contribution in [-0.4, -0.2) is 38.1 Å². The van der Waals surface area contributed by atoms with Gasteiger partial charge in [-0.3, -0.25) is 4.79 Å². The number of piperidine rings is 1. The van der Waals surface area contributed by atoms with Gasteiger partial charge in [0.25, 0.3) is 0 Å². The molecule has 2 aromatic carbocycles. The fourth-order valence-electron chi connectivity index (χ4n) is 4.54. The third-order valence-electron chi connectivity index (χ3n) is 5.94. The van der Waals surface area contributed by atoms with E-state index >= 15 is 0 Å². The number of nitrogens with zero attached hydrogens (tertiary/aromatic N) is 1. The molecule has 146 valence electrons. The summed E-state index contributed by atoms with van der Waals surface area (Å²) in [4.78, 5) is 14.9. The number of allylic oxidation sites excluding steroid dienone is 1. The highest BCUT2D eigenvalue weighted by molar-refractivity contribution is 7.94. The first-order valence-corrected chi connectivity index (χ1v) is 11.5. The van der Waals surface area contributed by atoms with E-state index in [0.29, 0.717) is 6.54 Å². The molecule has 28 heavy (non-hydrogen) atoms. The largest absolute Gasteiger partial charge is 0.341 e. The second-order valence-corrected chi connectivity index (χ2v) is 9.79. The van der Waals surface area contributed by atoms with Crippen LogP contribution in [-0.2, 0) is 20.0 Å². The lowest BCUT2D eigenvalue weighted by Crippen LogP contribution is -2.49. The molecule has 1 atom stereocenters. The van der Waals surface area contributed by atoms with Gasteiger partial charge in [-0.25, -0.2) is 8.42 Å². The molecule has 0 N–H and O–H groups in total. The lowest BCUT2D eigenvalue weighted by molar-refractivity contribution is -0.133. The Bertz CT molecular complexity index is 928. The minimum Gasteiger partial charge on any atom is -0.341 e. The third kappa shape index (κ3) is 3.76. The number of benzene rings is 2. The van der Waals surface area contributed by atoms with Crippen LogP contribution in [0.1, 0.15) is 30.4 Å². The molecule has 0 spiro atoms. The average Bonchev–Trinajstić information content (AvgIpc) is 3.07. The first-order valence-electron chi connectivity index (χ1n) is 9.78. The molecule has 4 rings (SSSR count). The highest BCUT2D eigenvalue weighted by Gasteiger charge is 2.40. The van der Waals surface area contributed by atoms with Gasteiger partial charge in [-0.05, 0) is 24.0 Å². The van der Waals surface area contributed by atoms with Crippen molar-refractivity contribution in [3.05, 3.63) is 83.3 Å². The minimum absolute atomic E-state index is 0.0442. The standard InChI is InChI=1S/C23H25NO3S/c25-22(16-19-12-15-28(26,27)17-19)24-14-7-13-23(18-24,20-8-3-1-4-9-20)21-10-5-2-6-11-21/h1-6,8-12,15,19H,7,13-14,16-18H2/t19-/m0/s1. The Labute approximate surface area is 166 Å². The van der Waals surface area contributed by atoms with Gasteiger partial charge in [-0.15, -0.1) is 0 Å². The van der Waals surface area contributed by atoms with E-state index in [1.165, 1.54) is 16.5 Å². The van der Waals surface area contributed by atoms with Crippen LogP contribution in [0.4, 0.5) is 0 Å². The Kier molecular flexibility index (Phi) is 5.11. The summed E-state index contributed by atoms with van der Waals surface area (Å²) in [5.41, 5.74) is 2.22. The van der Waals surface area contributed by atoms with Crippen molar-refractivity contribution in [1.82, 2.24) is 4.90 Å². The van der Waals surface area contributed by atoms with Crippen molar-refractivity contribution in [2.24, 2.45) is 5.92 Å². The molecule has 2 aliphatic rings. The van der Waals surface area contributed by atoms with Gasteiger partial charge in [-0.2, -0.15) is 0 Å². The quantitative estimate of drug-likeness (QED) is 0.796. The zero-order chi connectivity index (χ0) is 19.6. The highest BCUT2D eigenvalue weighted by Crippen LogP contribution is 2.40. The molecule has 0 bridgehead atoms. The summed E-state index contributed by atoms with van der Waals surface area (Å²) >= 11 is 0. The fourth-order valence-corrected chi connectivity index (χ4v) is 5.94. The third-order valence-corrected chi connectivity index (χ3v) is 7.40. The van der Waals surface area contributed by atoms with Gasteiger partial charge in [0.1, 0.15) is 0 Å². The molecule has 4 nitrogen and oxygen atoms in total. The van der Waals surface area contributed by atoms with Crippen LogP contribution < -0.4 is 0 Å². The van der Waals surface area contributed by atoms with Crippen LogP contribution in [0.3, 0.4) is 0 Å². The Hall–Kier alpha value is -2.40. The maximum absolute atomic E-state index is 13.0. The van der Waals surface area contributed by atoms with E-state index in [0.717, 1.165) is 19.4 Å². The maximum Gasteiger partial charge on any atom is 0.223 e. The van der Waals surface area contributed by atoms with E-state index in [2.05, 4.69) is 48.5 Å². The number of amides is 1. The van der Waals surface area contributed by atoms with Crippen LogP contribution in [0.15, 0.2) is 72.1 Å². The molecule has 5 heteroatoms. The first kappa shape index (κ1) is 18.9. The molecule has 1 saturated heterocycles. The van der Waals surface area contributed by atoms with Crippen LogP contribution in [0, 0.1) is 5.92 Å². The van der Waals surface area contributed by atoms with Gasteiger partial charge in [-0.1, -0.05) is 66.7 Å². The Morgan fingerprint density at radius 2 is 1.61 bits per heavy atom. The summed E-state index contributed by atoms with van der Waals surface area (Å²) in [6.45, 7) is 1.35. The normalized spacial score (nSPS) is 22.9. The van der Waals surface area contributed by atoms with Crippen molar-refractivity contribution in [2.45, 2.75) is 24.7 Å². The summed E-state index contributed by atoms with van der Waals surface area (Å²) in [5.74, 6) is -0.111. The summed E-state index contributed by atoms with van der Waals surface area (Å²) in [6, 6.07) is 20.8. The summed E-state index contributed by atoms with van der Waals surface area (Å²) in [6.07, 6.45) is 3.84. The smallest absolute Gasteiger partial charge is 0.223 e. The molecule has 2 heterocycles. The van der Waals surface area contributed by atoms with Gasteiger partial charge < -0.3 is 4.90 Å². The lowest BCUT2D eigenvalue weighted by Gasteiger charge is -2.44. The molecule has 2 aromatic rings. The predicted molar refractivity (Wildman–Crippen MR) is 111 cm³/mol. The summed E-state index contributed by atoms with van der Waals surface area (Å²) < 4.78 is 23.3. The van der Waals surface area contributed by atoms with Crippen molar-refractivity contribution < 1.29 is 13.2 Å². The van der Waals surface area contributed by atoms with E-state index < -0.39 is 9.84 Å². The second kappa shape index (κ2) is 7.55. The molecule has 1 amide bonds. The maximum atomic E-state index is 13.0. The number of likely N-dealkylation sites (tertiary alicyclic amines) is 1. The number of hydrogen-bond acceptors (Lipinski definition) is 3. The van der Waals surface area contributed by atoms with Crippen LogP contribution in [0.5, 0.6) is 0 Å². The van der Waals surface area contributed by atoms with Crippen molar-refractivity contribution in [1.29, 1.82) is 0 Å². The Morgan fingerprint density at radius 1 is 1.00 bits per heavy atom. The highest BCUT2D eigenvalue weighted by atomic mass is 32.2. The van der Waals surface area contributed by atoms with E-state index in [-0.39, 0.29) is 29.4 Å². The van der Waals surface area contributed by atoms with E-state index in [4.69, 9.17) is 0 Å². The van der Waals surface area contributed by atoms with Gasteiger partial charge in [0.15, 0.2) is 9.84 Å². The SMILES string of the molecule is O=C(C[C@@H]1C=CS(=O)(=O)C1)N1CCCC(c2ccccc2)(c2ccccc2)C1. The molecule has 0 radical (unpaired) electrons. The molecule has 0 unspecified atom stereocenters. The second-order valence-electron chi connectivity index (χ2n) is 7.86. The van der Waals surface area contributed by atoms with Crippen molar-refractivity contribution in [3.8, 4) is 0 Å². The van der Waals surface area contributed by atoms with E-state index in [1.54, 1.807) is 6.08 Å². The van der Waals surface area contributed by atoms with Crippen LogP contribution in [0.25, 0.3) is 0 Å².